The van der Waals surface area contributed by atoms with Gasteiger partial charge in [-0.1, -0.05) is 6.92 Å². The van der Waals surface area contributed by atoms with E-state index in [-0.39, 0.29) is 18.2 Å². The second-order valence-electron chi connectivity index (χ2n) is 5.21. The molecule has 0 saturated carbocycles. The summed E-state index contributed by atoms with van der Waals surface area (Å²) >= 11 is 0. The Labute approximate surface area is 108 Å². The van der Waals surface area contributed by atoms with E-state index in [9.17, 15) is 9.59 Å². The second-order valence-corrected chi connectivity index (χ2v) is 5.21. The maximum Gasteiger partial charge on any atom is 0.303 e. The lowest BCUT2D eigenvalue weighted by Gasteiger charge is -2.35. The number of likely N-dealkylation sites (tertiary alicyclic amines) is 1. The monoisotopic (exact) mass is 256 g/mol. The number of rotatable bonds is 6. The molecule has 1 saturated heterocycles. The van der Waals surface area contributed by atoms with Gasteiger partial charge in [-0.15, -0.1) is 0 Å². The van der Waals surface area contributed by atoms with Gasteiger partial charge in [-0.05, 0) is 37.6 Å². The maximum absolute atomic E-state index is 11.9. The summed E-state index contributed by atoms with van der Waals surface area (Å²) in [5, 5.41) is 8.81. The van der Waals surface area contributed by atoms with Crippen LogP contribution in [0.2, 0.25) is 0 Å². The van der Waals surface area contributed by atoms with Crippen LogP contribution in [0.5, 0.6) is 0 Å². The van der Waals surface area contributed by atoms with Crippen molar-refractivity contribution in [3.05, 3.63) is 0 Å². The van der Waals surface area contributed by atoms with Gasteiger partial charge in [-0.25, -0.2) is 0 Å². The SMILES string of the molecule is CC(CC(=O)O)C1CCCN(C(=O)CCCN)C1. The molecule has 3 N–H and O–H groups in total. The largest absolute Gasteiger partial charge is 0.481 e. The van der Waals surface area contributed by atoms with E-state index in [1.807, 2.05) is 11.8 Å². The van der Waals surface area contributed by atoms with E-state index in [4.69, 9.17) is 10.8 Å². The number of hydrogen-bond donors (Lipinski definition) is 2. The molecule has 2 atom stereocenters. The van der Waals surface area contributed by atoms with Crippen LogP contribution in [0.25, 0.3) is 0 Å². The quantitative estimate of drug-likeness (QED) is 0.744. The molecular formula is C13H24N2O3. The molecule has 0 aromatic carbocycles. The van der Waals surface area contributed by atoms with Gasteiger partial charge in [0.25, 0.3) is 0 Å². The molecule has 0 bridgehead atoms. The van der Waals surface area contributed by atoms with Crippen LogP contribution in [0, 0.1) is 11.8 Å². The molecule has 1 aliphatic rings. The Bertz CT molecular complexity index is 294. The smallest absolute Gasteiger partial charge is 0.303 e. The highest BCUT2D eigenvalue weighted by molar-refractivity contribution is 5.76. The summed E-state index contributed by atoms with van der Waals surface area (Å²) in [5.74, 6) is -0.147. The van der Waals surface area contributed by atoms with Gasteiger partial charge in [0.05, 0.1) is 0 Å². The standard InChI is InChI=1S/C13H24N2O3/c1-10(8-13(17)18)11-4-3-7-15(9-11)12(16)5-2-6-14/h10-11H,2-9,14H2,1H3,(H,17,18). The van der Waals surface area contributed by atoms with E-state index in [2.05, 4.69) is 0 Å². The third-order valence-corrected chi connectivity index (χ3v) is 3.71. The summed E-state index contributed by atoms with van der Waals surface area (Å²) in [5.41, 5.74) is 5.40. The zero-order valence-electron chi connectivity index (χ0n) is 11.1. The van der Waals surface area contributed by atoms with Crippen molar-refractivity contribution in [2.45, 2.75) is 39.0 Å². The Morgan fingerprint density at radius 1 is 1.50 bits per heavy atom. The number of carbonyl (C=O) groups is 2. The second kappa shape index (κ2) is 7.36. The first-order chi connectivity index (χ1) is 8.54. The number of aliphatic carboxylic acids is 1. The zero-order valence-corrected chi connectivity index (χ0v) is 11.1. The molecular weight excluding hydrogens is 232 g/mol. The minimum atomic E-state index is -0.755. The number of carboxylic acids is 1. The minimum absolute atomic E-state index is 0.132. The minimum Gasteiger partial charge on any atom is -0.481 e. The van der Waals surface area contributed by atoms with Gasteiger partial charge in [-0.3, -0.25) is 9.59 Å². The Kier molecular flexibility index (Phi) is 6.12. The summed E-state index contributed by atoms with van der Waals surface area (Å²) < 4.78 is 0. The predicted molar refractivity (Wildman–Crippen MR) is 69.0 cm³/mol. The van der Waals surface area contributed by atoms with Gasteiger partial charge in [-0.2, -0.15) is 0 Å². The Morgan fingerprint density at radius 3 is 2.83 bits per heavy atom. The van der Waals surface area contributed by atoms with Crippen molar-refractivity contribution >= 4 is 11.9 Å². The maximum atomic E-state index is 11.9. The molecule has 5 nitrogen and oxygen atoms in total. The molecule has 0 aromatic heterocycles. The fraction of sp³-hybridized carbons (Fsp3) is 0.846. The van der Waals surface area contributed by atoms with Crippen molar-refractivity contribution < 1.29 is 14.7 Å². The van der Waals surface area contributed by atoms with Crippen molar-refractivity contribution in [1.29, 1.82) is 0 Å². The summed E-state index contributed by atoms with van der Waals surface area (Å²) in [4.78, 5) is 24.5. The van der Waals surface area contributed by atoms with Crippen LogP contribution in [-0.4, -0.2) is 41.5 Å². The highest BCUT2D eigenvalue weighted by atomic mass is 16.4. The van der Waals surface area contributed by atoms with Gasteiger partial charge < -0.3 is 15.7 Å². The molecule has 104 valence electrons. The third-order valence-electron chi connectivity index (χ3n) is 3.71. The van der Waals surface area contributed by atoms with Crippen LogP contribution >= 0.6 is 0 Å². The zero-order chi connectivity index (χ0) is 13.5. The van der Waals surface area contributed by atoms with Gasteiger partial charge >= 0.3 is 5.97 Å². The summed E-state index contributed by atoms with van der Waals surface area (Å²) in [6, 6.07) is 0. The van der Waals surface area contributed by atoms with E-state index >= 15 is 0 Å². The van der Waals surface area contributed by atoms with Crippen LogP contribution in [0.3, 0.4) is 0 Å². The molecule has 1 heterocycles. The first-order valence-electron chi connectivity index (χ1n) is 6.74. The van der Waals surface area contributed by atoms with E-state index in [0.717, 1.165) is 25.8 Å². The summed E-state index contributed by atoms with van der Waals surface area (Å²) in [6.07, 6.45) is 3.43. The Balaban J connectivity index is 2.44. The van der Waals surface area contributed by atoms with Crippen LogP contribution in [0.4, 0.5) is 0 Å². The topological polar surface area (TPSA) is 83.6 Å². The van der Waals surface area contributed by atoms with Crippen molar-refractivity contribution in [3.8, 4) is 0 Å². The lowest BCUT2D eigenvalue weighted by molar-refractivity contribution is -0.138. The van der Waals surface area contributed by atoms with Crippen LogP contribution in [0.15, 0.2) is 0 Å². The molecule has 1 fully saturated rings. The fourth-order valence-corrected chi connectivity index (χ4v) is 2.55. The van der Waals surface area contributed by atoms with Gasteiger partial charge in [0, 0.05) is 25.9 Å². The van der Waals surface area contributed by atoms with Crippen LogP contribution in [-0.2, 0) is 9.59 Å². The molecule has 0 radical (unpaired) electrons. The van der Waals surface area contributed by atoms with Crippen molar-refractivity contribution in [3.63, 3.8) is 0 Å². The van der Waals surface area contributed by atoms with E-state index in [0.29, 0.717) is 25.4 Å². The van der Waals surface area contributed by atoms with Gasteiger partial charge in [0.15, 0.2) is 0 Å². The number of piperidine rings is 1. The van der Waals surface area contributed by atoms with Crippen molar-refractivity contribution in [1.82, 2.24) is 4.90 Å². The number of carbonyl (C=O) groups excluding carboxylic acids is 1. The van der Waals surface area contributed by atoms with E-state index in [1.54, 1.807) is 0 Å². The molecule has 1 aliphatic heterocycles. The Hall–Kier alpha value is -1.10. The lowest BCUT2D eigenvalue weighted by atomic mass is 9.84. The molecule has 18 heavy (non-hydrogen) atoms. The first kappa shape index (κ1) is 15.0. The lowest BCUT2D eigenvalue weighted by Crippen LogP contribution is -2.42. The highest BCUT2D eigenvalue weighted by Crippen LogP contribution is 2.26. The summed E-state index contributed by atoms with van der Waals surface area (Å²) in [6.45, 7) is 4.02. The molecule has 0 aliphatic carbocycles. The fourth-order valence-electron chi connectivity index (χ4n) is 2.55. The average molecular weight is 256 g/mol. The highest BCUT2D eigenvalue weighted by Gasteiger charge is 2.27. The van der Waals surface area contributed by atoms with Crippen LogP contribution in [0.1, 0.15) is 39.0 Å². The van der Waals surface area contributed by atoms with E-state index < -0.39 is 5.97 Å². The number of carboxylic acid groups (broad SMARTS) is 1. The average Bonchev–Trinajstić information content (AvgIpc) is 2.35. The number of nitrogens with zero attached hydrogens (tertiary/aromatic N) is 1. The van der Waals surface area contributed by atoms with Crippen LogP contribution < -0.4 is 5.73 Å². The first-order valence-corrected chi connectivity index (χ1v) is 6.74. The Morgan fingerprint density at radius 2 is 2.22 bits per heavy atom. The van der Waals surface area contributed by atoms with Crippen molar-refractivity contribution in [2.75, 3.05) is 19.6 Å². The normalized spacial score (nSPS) is 21.7. The third kappa shape index (κ3) is 4.64. The van der Waals surface area contributed by atoms with Gasteiger partial charge in [0.2, 0.25) is 5.91 Å². The molecule has 0 aromatic rings. The molecule has 2 unspecified atom stereocenters. The predicted octanol–water partition coefficient (Wildman–Crippen LogP) is 1.07. The molecule has 1 rings (SSSR count). The number of nitrogens with two attached hydrogens (primary N) is 1. The van der Waals surface area contributed by atoms with Gasteiger partial charge in [0.1, 0.15) is 0 Å². The van der Waals surface area contributed by atoms with E-state index in [1.165, 1.54) is 0 Å². The molecule has 0 spiro atoms. The molecule has 5 heteroatoms. The number of amides is 1. The molecule has 1 amide bonds. The summed E-state index contributed by atoms with van der Waals surface area (Å²) in [7, 11) is 0. The number of hydrogen-bond acceptors (Lipinski definition) is 3. The van der Waals surface area contributed by atoms with Crippen molar-refractivity contribution in [2.24, 2.45) is 17.6 Å².